The van der Waals surface area contributed by atoms with Crippen LogP contribution in [0, 0.1) is 0 Å². The summed E-state index contributed by atoms with van der Waals surface area (Å²) in [5.41, 5.74) is 3.12. The molecule has 2 fully saturated rings. The molecule has 142 valence electrons. The largest absolute Gasteiger partial charge is 0.343 e. The van der Waals surface area contributed by atoms with Gasteiger partial charge in [-0.15, -0.1) is 0 Å². The second kappa shape index (κ2) is 8.10. The summed E-state index contributed by atoms with van der Waals surface area (Å²) in [6, 6.07) is 10.3. The van der Waals surface area contributed by atoms with Crippen molar-refractivity contribution in [2.24, 2.45) is 0 Å². The summed E-state index contributed by atoms with van der Waals surface area (Å²) in [4.78, 5) is 19.6. The van der Waals surface area contributed by atoms with E-state index in [1.165, 1.54) is 45.4 Å². The first-order chi connectivity index (χ1) is 12.7. The van der Waals surface area contributed by atoms with Gasteiger partial charge in [0.05, 0.1) is 0 Å². The Morgan fingerprint density at radius 2 is 1.50 bits per heavy atom. The third kappa shape index (κ3) is 3.81. The van der Waals surface area contributed by atoms with Gasteiger partial charge in [-0.1, -0.05) is 24.3 Å². The first-order valence-electron chi connectivity index (χ1n) is 10.6. The van der Waals surface area contributed by atoms with Crippen molar-refractivity contribution in [2.45, 2.75) is 57.5 Å². The summed E-state index contributed by atoms with van der Waals surface area (Å²) in [5, 5.41) is 0. The second-order valence-corrected chi connectivity index (χ2v) is 8.19. The minimum Gasteiger partial charge on any atom is -0.343 e. The van der Waals surface area contributed by atoms with Crippen LogP contribution in [0.1, 0.15) is 43.7 Å². The lowest BCUT2D eigenvalue weighted by molar-refractivity contribution is -0.130. The standard InChI is InChI=1S/C22H33N3O/c1-2-23-12-11-20(9-10-22(23)26)24-13-15-25(16-14-24)21-8-7-18-5-3-4-6-19(18)17-21/h3-6,20-21H,2,7-17H2,1H3. The van der Waals surface area contributed by atoms with Crippen molar-refractivity contribution < 1.29 is 4.79 Å². The highest BCUT2D eigenvalue weighted by atomic mass is 16.2. The molecule has 4 nitrogen and oxygen atoms in total. The number of benzene rings is 1. The molecule has 0 spiro atoms. The zero-order valence-corrected chi connectivity index (χ0v) is 16.2. The number of fused-ring (bicyclic) bond motifs is 1. The number of carbonyl (C=O) groups excluding carboxylic acids is 1. The quantitative estimate of drug-likeness (QED) is 0.834. The molecule has 1 amide bonds. The molecule has 0 radical (unpaired) electrons. The maximum absolute atomic E-state index is 12.1. The van der Waals surface area contributed by atoms with E-state index in [0.717, 1.165) is 38.4 Å². The molecule has 2 unspecified atom stereocenters. The zero-order chi connectivity index (χ0) is 17.9. The fourth-order valence-corrected chi connectivity index (χ4v) is 5.18. The molecule has 2 aliphatic heterocycles. The van der Waals surface area contributed by atoms with Crippen LogP contribution < -0.4 is 0 Å². The summed E-state index contributed by atoms with van der Waals surface area (Å²) in [6.07, 6.45) is 6.69. The van der Waals surface area contributed by atoms with Crippen molar-refractivity contribution in [3.63, 3.8) is 0 Å². The normalized spacial score (nSPS) is 28.7. The van der Waals surface area contributed by atoms with Gasteiger partial charge in [0.1, 0.15) is 0 Å². The zero-order valence-electron chi connectivity index (χ0n) is 16.2. The predicted octanol–water partition coefficient (Wildman–Crippen LogP) is 2.56. The molecule has 26 heavy (non-hydrogen) atoms. The van der Waals surface area contributed by atoms with Crippen LogP contribution in [0.5, 0.6) is 0 Å². The van der Waals surface area contributed by atoms with Crippen LogP contribution in [0.2, 0.25) is 0 Å². The van der Waals surface area contributed by atoms with Crippen LogP contribution in [-0.2, 0) is 17.6 Å². The molecule has 2 saturated heterocycles. The number of hydrogen-bond donors (Lipinski definition) is 0. The molecule has 2 heterocycles. The summed E-state index contributed by atoms with van der Waals surface area (Å²) in [7, 11) is 0. The minimum absolute atomic E-state index is 0.356. The van der Waals surface area contributed by atoms with Crippen LogP contribution in [0.15, 0.2) is 24.3 Å². The first kappa shape index (κ1) is 18.0. The molecule has 1 aliphatic carbocycles. The number of carbonyl (C=O) groups is 1. The maximum atomic E-state index is 12.1. The molecule has 1 aromatic carbocycles. The van der Waals surface area contributed by atoms with Gasteiger partial charge in [-0.25, -0.2) is 0 Å². The number of amides is 1. The Morgan fingerprint density at radius 3 is 2.23 bits per heavy atom. The summed E-state index contributed by atoms with van der Waals surface area (Å²) >= 11 is 0. The Labute approximate surface area is 158 Å². The average Bonchev–Trinajstić information content (AvgIpc) is 2.89. The minimum atomic E-state index is 0.356. The second-order valence-electron chi connectivity index (χ2n) is 8.19. The van der Waals surface area contributed by atoms with Crippen LogP contribution in [0.4, 0.5) is 0 Å². The monoisotopic (exact) mass is 355 g/mol. The van der Waals surface area contributed by atoms with Gasteiger partial charge >= 0.3 is 0 Å². The number of likely N-dealkylation sites (tertiary alicyclic amines) is 1. The molecule has 2 atom stereocenters. The predicted molar refractivity (Wildman–Crippen MR) is 105 cm³/mol. The van der Waals surface area contributed by atoms with Gasteiger partial charge < -0.3 is 4.90 Å². The van der Waals surface area contributed by atoms with E-state index in [1.807, 2.05) is 4.90 Å². The molecule has 1 aromatic rings. The Hall–Kier alpha value is -1.39. The molecule has 0 bridgehead atoms. The van der Waals surface area contributed by atoms with E-state index < -0.39 is 0 Å². The van der Waals surface area contributed by atoms with Gasteiger partial charge in [-0.05, 0) is 50.2 Å². The molecule has 4 rings (SSSR count). The van der Waals surface area contributed by atoms with Crippen molar-refractivity contribution in [1.29, 1.82) is 0 Å². The van der Waals surface area contributed by atoms with E-state index >= 15 is 0 Å². The van der Waals surface area contributed by atoms with Crippen molar-refractivity contribution in [3.8, 4) is 0 Å². The van der Waals surface area contributed by atoms with Gasteiger partial charge in [0.25, 0.3) is 0 Å². The Morgan fingerprint density at radius 1 is 0.846 bits per heavy atom. The van der Waals surface area contributed by atoms with E-state index in [-0.39, 0.29) is 0 Å². The van der Waals surface area contributed by atoms with Gasteiger partial charge in [0, 0.05) is 57.8 Å². The first-order valence-corrected chi connectivity index (χ1v) is 10.6. The van der Waals surface area contributed by atoms with Crippen molar-refractivity contribution >= 4 is 5.91 Å². The molecule has 3 aliphatic rings. The third-order valence-electron chi connectivity index (χ3n) is 6.86. The van der Waals surface area contributed by atoms with Gasteiger partial charge in [0.2, 0.25) is 5.91 Å². The van der Waals surface area contributed by atoms with Crippen molar-refractivity contribution in [1.82, 2.24) is 14.7 Å². The lowest BCUT2D eigenvalue weighted by Crippen LogP contribution is -2.54. The molecule has 0 saturated carbocycles. The van der Waals surface area contributed by atoms with E-state index in [1.54, 1.807) is 11.1 Å². The van der Waals surface area contributed by atoms with Crippen molar-refractivity contribution in [2.75, 3.05) is 39.3 Å². The highest BCUT2D eigenvalue weighted by Gasteiger charge is 2.31. The van der Waals surface area contributed by atoms with E-state index in [2.05, 4.69) is 41.0 Å². The number of hydrogen-bond acceptors (Lipinski definition) is 3. The Kier molecular flexibility index (Phi) is 5.60. The van der Waals surface area contributed by atoms with Crippen LogP contribution in [0.25, 0.3) is 0 Å². The molecule has 4 heteroatoms. The smallest absolute Gasteiger partial charge is 0.222 e. The number of aryl methyl sites for hydroxylation is 1. The highest BCUT2D eigenvalue weighted by Crippen LogP contribution is 2.26. The van der Waals surface area contributed by atoms with E-state index in [9.17, 15) is 4.79 Å². The molecule has 0 N–H and O–H groups in total. The highest BCUT2D eigenvalue weighted by molar-refractivity contribution is 5.76. The molecule has 0 aromatic heterocycles. The number of nitrogens with zero attached hydrogens (tertiary/aromatic N) is 3. The lowest BCUT2D eigenvalue weighted by Gasteiger charge is -2.43. The molecular weight excluding hydrogens is 322 g/mol. The third-order valence-corrected chi connectivity index (χ3v) is 6.86. The van der Waals surface area contributed by atoms with Gasteiger partial charge in [-0.2, -0.15) is 0 Å². The molecular formula is C22H33N3O. The summed E-state index contributed by atoms with van der Waals surface area (Å²) in [5.74, 6) is 0.356. The average molecular weight is 356 g/mol. The van der Waals surface area contributed by atoms with E-state index in [4.69, 9.17) is 0 Å². The fourth-order valence-electron chi connectivity index (χ4n) is 5.18. The Bertz CT molecular complexity index is 624. The lowest BCUT2D eigenvalue weighted by atomic mass is 9.87. The number of rotatable bonds is 3. The Balaban J connectivity index is 1.30. The summed E-state index contributed by atoms with van der Waals surface area (Å²) < 4.78 is 0. The topological polar surface area (TPSA) is 26.8 Å². The van der Waals surface area contributed by atoms with Crippen LogP contribution in [0.3, 0.4) is 0 Å². The summed E-state index contributed by atoms with van der Waals surface area (Å²) in [6.45, 7) is 8.62. The SMILES string of the molecule is CCN1CCC(N2CCN(C3CCc4ccccc4C3)CC2)CCC1=O. The van der Waals surface area contributed by atoms with E-state index in [0.29, 0.717) is 11.9 Å². The van der Waals surface area contributed by atoms with Crippen LogP contribution >= 0.6 is 0 Å². The van der Waals surface area contributed by atoms with Gasteiger partial charge in [0.15, 0.2) is 0 Å². The maximum Gasteiger partial charge on any atom is 0.222 e. The van der Waals surface area contributed by atoms with Crippen LogP contribution in [-0.4, -0.2) is 72.0 Å². The van der Waals surface area contributed by atoms with Gasteiger partial charge in [-0.3, -0.25) is 14.6 Å². The number of piperazine rings is 1. The van der Waals surface area contributed by atoms with Crippen molar-refractivity contribution in [3.05, 3.63) is 35.4 Å². The fraction of sp³-hybridized carbons (Fsp3) is 0.682.